The van der Waals surface area contributed by atoms with Gasteiger partial charge in [-0.3, -0.25) is 4.79 Å². The molecule has 3 heterocycles. The van der Waals surface area contributed by atoms with Crippen LogP contribution in [0.4, 0.5) is 5.69 Å². The van der Waals surface area contributed by atoms with Crippen LogP contribution in [0.5, 0.6) is 5.75 Å². The number of anilines is 1. The number of amides is 1. The molecule has 0 unspecified atom stereocenters. The zero-order valence-electron chi connectivity index (χ0n) is 18.8. The second-order valence-corrected chi connectivity index (χ2v) is 10.2. The Morgan fingerprint density at radius 2 is 1.72 bits per heavy atom. The summed E-state index contributed by atoms with van der Waals surface area (Å²) in [5.41, 5.74) is 1.41. The zero-order chi connectivity index (χ0) is 22.9. The second-order valence-electron chi connectivity index (χ2n) is 8.32. The average Bonchev–Trinajstić information content (AvgIpc) is 3.17. The average molecular weight is 463 g/mol. The number of hydrogen-bond acceptors (Lipinski definition) is 7. The van der Waals surface area contributed by atoms with Crippen molar-refractivity contribution in [3.8, 4) is 5.75 Å². The molecule has 0 atom stereocenters. The van der Waals surface area contributed by atoms with Gasteiger partial charge in [-0.25, -0.2) is 8.42 Å². The highest BCUT2D eigenvalue weighted by Crippen LogP contribution is 2.30. The largest absolute Gasteiger partial charge is 0.495 e. The van der Waals surface area contributed by atoms with Crippen LogP contribution in [0.15, 0.2) is 33.7 Å². The highest BCUT2D eigenvalue weighted by molar-refractivity contribution is 7.89. The van der Waals surface area contributed by atoms with Gasteiger partial charge in [0.15, 0.2) is 5.76 Å². The molecule has 1 aromatic heterocycles. The lowest BCUT2D eigenvalue weighted by molar-refractivity contribution is -0.137. The Morgan fingerprint density at radius 1 is 1.06 bits per heavy atom. The van der Waals surface area contributed by atoms with Gasteiger partial charge in [0, 0.05) is 45.2 Å². The van der Waals surface area contributed by atoms with Crippen LogP contribution in [0, 0.1) is 19.8 Å². The Hall–Kier alpha value is -2.59. The second kappa shape index (κ2) is 9.11. The number of hydrogen-bond donors (Lipinski definition) is 0. The van der Waals surface area contributed by atoms with Gasteiger partial charge < -0.3 is 19.1 Å². The van der Waals surface area contributed by atoms with Gasteiger partial charge in [-0.1, -0.05) is 17.3 Å². The minimum Gasteiger partial charge on any atom is -0.495 e. The number of rotatable bonds is 5. The quantitative estimate of drug-likeness (QED) is 0.671. The maximum absolute atomic E-state index is 13.1. The molecule has 4 rings (SSSR count). The zero-order valence-corrected chi connectivity index (χ0v) is 19.6. The molecule has 2 aromatic rings. The first-order valence-corrected chi connectivity index (χ1v) is 12.4. The third-order valence-corrected chi connectivity index (χ3v) is 8.53. The smallest absolute Gasteiger partial charge is 0.248 e. The molecule has 0 bridgehead atoms. The van der Waals surface area contributed by atoms with Crippen molar-refractivity contribution in [1.82, 2.24) is 14.4 Å². The highest BCUT2D eigenvalue weighted by atomic mass is 32.2. The molecule has 0 N–H and O–H groups in total. The molecule has 2 aliphatic rings. The summed E-state index contributed by atoms with van der Waals surface area (Å²) in [5.74, 6) is 1.11. The molecule has 2 fully saturated rings. The molecule has 9 nitrogen and oxygen atoms in total. The van der Waals surface area contributed by atoms with Gasteiger partial charge >= 0.3 is 0 Å². The molecule has 2 saturated heterocycles. The maximum atomic E-state index is 13.1. The number of ether oxygens (including phenoxy) is 1. The normalized spacial score (nSPS) is 18.7. The van der Waals surface area contributed by atoms with E-state index < -0.39 is 10.0 Å². The molecule has 0 saturated carbocycles. The summed E-state index contributed by atoms with van der Waals surface area (Å²) < 4.78 is 38.0. The maximum Gasteiger partial charge on any atom is 0.248 e. The van der Waals surface area contributed by atoms with E-state index in [9.17, 15) is 13.2 Å². The first-order chi connectivity index (χ1) is 15.3. The van der Waals surface area contributed by atoms with E-state index in [0.717, 1.165) is 24.5 Å². The number of methoxy groups -OCH3 is 1. The molecule has 2 aliphatic heterocycles. The summed E-state index contributed by atoms with van der Waals surface area (Å²) in [5, 5.41) is 3.77. The fourth-order valence-corrected chi connectivity index (χ4v) is 6.39. The Morgan fingerprint density at radius 3 is 2.31 bits per heavy atom. The molecule has 32 heavy (non-hydrogen) atoms. The lowest BCUT2D eigenvalue weighted by atomic mass is 9.96. The van der Waals surface area contributed by atoms with E-state index in [-0.39, 0.29) is 16.7 Å². The summed E-state index contributed by atoms with van der Waals surface area (Å²) in [6.07, 6.45) is 1.04. The van der Waals surface area contributed by atoms with Crippen molar-refractivity contribution in [1.29, 1.82) is 0 Å². The molecule has 1 amide bonds. The fraction of sp³-hybridized carbons (Fsp3) is 0.545. The SMILES string of the molecule is COc1ccccc1N1CCN(C(=O)C2CCN(S(=O)(=O)c3c(C)noc3C)CC2)CC1. The van der Waals surface area contributed by atoms with Gasteiger partial charge in [0.25, 0.3) is 0 Å². The van der Waals surface area contributed by atoms with Crippen LogP contribution in [0.25, 0.3) is 0 Å². The van der Waals surface area contributed by atoms with Gasteiger partial charge in [-0.15, -0.1) is 0 Å². The Bertz CT molecular complexity index is 1050. The standard InChI is InChI=1S/C22H30N4O5S/c1-16-21(17(2)31-23-16)32(28,29)26-10-8-18(9-11-26)22(27)25-14-12-24(13-15-25)19-6-4-5-7-20(19)30-3/h4-7,18H,8-15H2,1-3H3. The van der Waals surface area contributed by atoms with E-state index in [1.165, 1.54) is 4.31 Å². The van der Waals surface area contributed by atoms with Crippen LogP contribution in [0.3, 0.4) is 0 Å². The van der Waals surface area contributed by atoms with Gasteiger partial charge in [0.05, 0.1) is 12.8 Å². The summed E-state index contributed by atoms with van der Waals surface area (Å²) in [4.78, 5) is 17.4. The number of sulfonamides is 1. The van der Waals surface area contributed by atoms with Crippen molar-refractivity contribution < 1.29 is 22.5 Å². The summed E-state index contributed by atoms with van der Waals surface area (Å²) >= 11 is 0. The van der Waals surface area contributed by atoms with E-state index in [2.05, 4.69) is 10.1 Å². The highest BCUT2D eigenvalue weighted by Gasteiger charge is 2.37. The van der Waals surface area contributed by atoms with E-state index >= 15 is 0 Å². The Kier molecular flexibility index (Phi) is 6.43. The van der Waals surface area contributed by atoms with Crippen LogP contribution in [0.1, 0.15) is 24.3 Å². The predicted octanol–water partition coefficient (Wildman–Crippen LogP) is 2.05. The third kappa shape index (κ3) is 4.21. The van der Waals surface area contributed by atoms with Crippen LogP contribution < -0.4 is 9.64 Å². The van der Waals surface area contributed by atoms with Gasteiger partial charge in [0.2, 0.25) is 15.9 Å². The number of carbonyl (C=O) groups excluding carboxylic acids is 1. The minimum absolute atomic E-state index is 0.124. The van der Waals surface area contributed by atoms with Crippen molar-refractivity contribution in [2.24, 2.45) is 5.92 Å². The minimum atomic E-state index is -3.66. The lowest BCUT2D eigenvalue weighted by Crippen LogP contribution is -2.52. The predicted molar refractivity (Wildman–Crippen MR) is 119 cm³/mol. The lowest BCUT2D eigenvalue weighted by Gasteiger charge is -2.39. The van der Waals surface area contributed by atoms with E-state index in [1.54, 1.807) is 21.0 Å². The van der Waals surface area contributed by atoms with Crippen molar-refractivity contribution in [3.63, 3.8) is 0 Å². The fourth-order valence-electron chi connectivity index (χ4n) is 4.63. The number of carbonyl (C=O) groups is 1. The first kappa shape index (κ1) is 22.6. The monoisotopic (exact) mass is 462 g/mol. The molecule has 1 aromatic carbocycles. The van der Waals surface area contributed by atoms with Crippen LogP contribution in [-0.4, -0.2) is 75.1 Å². The number of para-hydroxylation sites is 2. The van der Waals surface area contributed by atoms with Crippen molar-refractivity contribution in [2.75, 3.05) is 51.3 Å². The Labute approximate surface area is 189 Å². The van der Waals surface area contributed by atoms with Gasteiger partial charge in [-0.2, -0.15) is 4.31 Å². The van der Waals surface area contributed by atoms with Gasteiger partial charge in [0.1, 0.15) is 16.3 Å². The van der Waals surface area contributed by atoms with Crippen molar-refractivity contribution in [3.05, 3.63) is 35.7 Å². The van der Waals surface area contributed by atoms with Crippen LogP contribution >= 0.6 is 0 Å². The molecule has 0 radical (unpaired) electrons. The summed E-state index contributed by atoms with van der Waals surface area (Å²) in [7, 11) is -2.00. The van der Waals surface area contributed by atoms with Crippen LogP contribution in [0.2, 0.25) is 0 Å². The molecule has 0 aliphatic carbocycles. The number of piperidine rings is 1. The van der Waals surface area contributed by atoms with Gasteiger partial charge in [-0.05, 0) is 38.8 Å². The van der Waals surface area contributed by atoms with E-state index in [1.807, 2.05) is 29.2 Å². The van der Waals surface area contributed by atoms with E-state index in [4.69, 9.17) is 9.26 Å². The van der Waals surface area contributed by atoms with E-state index in [0.29, 0.717) is 50.5 Å². The topological polar surface area (TPSA) is 96.2 Å². The summed E-state index contributed by atoms with van der Waals surface area (Å²) in [6.45, 7) is 6.66. The van der Waals surface area contributed by atoms with Crippen LogP contribution in [-0.2, 0) is 14.8 Å². The van der Waals surface area contributed by atoms with Crippen molar-refractivity contribution >= 4 is 21.6 Å². The van der Waals surface area contributed by atoms with Crippen molar-refractivity contribution in [2.45, 2.75) is 31.6 Å². The molecule has 0 spiro atoms. The molecule has 174 valence electrons. The molecule has 10 heteroatoms. The number of aryl methyl sites for hydroxylation is 2. The summed E-state index contributed by atoms with van der Waals surface area (Å²) in [6, 6.07) is 7.91. The number of aromatic nitrogens is 1. The number of benzene rings is 1. The molecular formula is C22H30N4O5S. The number of nitrogens with zero attached hydrogens (tertiary/aromatic N) is 4. The Balaban J connectivity index is 1.34. The third-order valence-electron chi connectivity index (χ3n) is 6.39. The molecular weight excluding hydrogens is 432 g/mol. The first-order valence-electron chi connectivity index (χ1n) is 10.9. The number of piperazine rings is 1.